The number of carbonyl (C=O) groups excluding carboxylic acids is 2. The number of nitrogens with one attached hydrogen (secondary N) is 1. The molecule has 1 aromatic carbocycles. The van der Waals surface area contributed by atoms with Gasteiger partial charge >= 0.3 is 0 Å². The Balaban J connectivity index is 1.97. The fourth-order valence-electron chi connectivity index (χ4n) is 2.42. The average molecular weight is 284 g/mol. The molecule has 1 aromatic heterocycles. The Morgan fingerprint density at radius 1 is 1.38 bits per heavy atom. The van der Waals surface area contributed by atoms with E-state index >= 15 is 0 Å². The van der Waals surface area contributed by atoms with Gasteiger partial charge in [-0.25, -0.2) is 0 Å². The molecule has 1 aliphatic rings. The van der Waals surface area contributed by atoms with Crippen LogP contribution >= 0.6 is 0 Å². The SMILES string of the molecule is CC1C(=O)Nc2ccccc2CN1C(=O)c1cnn(C)c1. The lowest BCUT2D eigenvalue weighted by Crippen LogP contribution is -2.43. The number of rotatable bonds is 1. The van der Waals surface area contributed by atoms with E-state index in [0.717, 1.165) is 11.3 Å². The highest BCUT2D eigenvalue weighted by Gasteiger charge is 2.31. The summed E-state index contributed by atoms with van der Waals surface area (Å²) in [6, 6.07) is 6.98. The highest BCUT2D eigenvalue weighted by Crippen LogP contribution is 2.24. The summed E-state index contributed by atoms with van der Waals surface area (Å²) in [7, 11) is 1.75. The van der Waals surface area contributed by atoms with Crippen LogP contribution < -0.4 is 5.32 Å². The molecule has 0 aliphatic carbocycles. The van der Waals surface area contributed by atoms with E-state index in [9.17, 15) is 9.59 Å². The molecule has 2 aromatic rings. The van der Waals surface area contributed by atoms with Crippen molar-refractivity contribution in [1.29, 1.82) is 0 Å². The van der Waals surface area contributed by atoms with Crippen LogP contribution in [0.15, 0.2) is 36.7 Å². The second-order valence-corrected chi connectivity index (χ2v) is 5.16. The van der Waals surface area contributed by atoms with Crippen molar-refractivity contribution in [3.63, 3.8) is 0 Å². The minimum Gasteiger partial charge on any atom is -0.324 e. The van der Waals surface area contributed by atoms with Gasteiger partial charge in [0, 0.05) is 25.5 Å². The molecule has 1 unspecified atom stereocenters. The van der Waals surface area contributed by atoms with Gasteiger partial charge in [0.1, 0.15) is 6.04 Å². The van der Waals surface area contributed by atoms with Crippen LogP contribution in [0.1, 0.15) is 22.8 Å². The van der Waals surface area contributed by atoms with Crippen LogP contribution in [-0.4, -0.2) is 32.5 Å². The largest absolute Gasteiger partial charge is 0.324 e. The first kappa shape index (κ1) is 13.4. The summed E-state index contributed by atoms with van der Waals surface area (Å²) in [5.74, 6) is -0.375. The summed E-state index contributed by atoms with van der Waals surface area (Å²) < 4.78 is 1.57. The lowest BCUT2D eigenvalue weighted by molar-refractivity contribution is -0.119. The molecule has 6 nitrogen and oxygen atoms in total. The number of aromatic nitrogens is 2. The van der Waals surface area contributed by atoms with Gasteiger partial charge < -0.3 is 10.2 Å². The zero-order valence-electron chi connectivity index (χ0n) is 11.9. The number of anilines is 1. The molecule has 1 N–H and O–H groups in total. The van der Waals surface area contributed by atoms with Crippen LogP contribution in [0, 0.1) is 0 Å². The van der Waals surface area contributed by atoms with Crippen molar-refractivity contribution >= 4 is 17.5 Å². The fourth-order valence-corrected chi connectivity index (χ4v) is 2.42. The Labute approximate surface area is 122 Å². The van der Waals surface area contributed by atoms with E-state index in [2.05, 4.69) is 10.4 Å². The monoisotopic (exact) mass is 284 g/mol. The van der Waals surface area contributed by atoms with Crippen molar-refractivity contribution in [3.05, 3.63) is 47.8 Å². The van der Waals surface area contributed by atoms with Crippen molar-refractivity contribution in [1.82, 2.24) is 14.7 Å². The minimum absolute atomic E-state index is 0.183. The summed E-state index contributed by atoms with van der Waals surface area (Å²) in [4.78, 5) is 26.4. The minimum atomic E-state index is -0.537. The predicted octanol–water partition coefficient (Wildman–Crippen LogP) is 1.40. The van der Waals surface area contributed by atoms with Crippen molar-refractivity contribution in [3.8, 4) is 0 Å². The van der Waals surface area contributed by atoms with E-state index in [1.54, 1.807) is 29.7 Å². The van der Waals surface area contributed by atoms with E-state index in [1.807, 2.05) is 24.3 Å². The topological polar surface area (TPSA) is 67.2 Å². The highest BCUT2D eigenvalue weighted by molar-refractivity contribution is 6.02. The average Bonchev–Trinajstić information content (AvgIpc) is 2.86. The number of carbonyl (C=O) groups is 2. The Bertz CT molecular complexity index is 707. The van der Waals surface area contributed by atoms with Gasteiger partial charge in [0.05, 0.1) is 11.8 Å². The number of benzene rings is 1. The lowest BCUT2D eigenvalue weighted by atomic mass is 10.1. The molecule has 3 rings (SSSR count). The molecule has 21 heavy (non-hydrogen) atoms. The maximum atomic E-state index is 12.6. The second-order valence-electron chi connectivity index (χ2n) is 5.16. The van der Waals surface area contributed by atoms with Gasteiger partial charge in [-0.1, -0.05) is 18.2 Å². The molecule has 0 fully saturated rings. The van der Waals surface area contributed by atoms with Gasteiger partial charge in [0.25, 0.3) is 5.91 Å². The third-order valence-electron chi connectivity index (χ3n) is 3.68. The van der Waals surface area contributed by atoms with Crippen LogP contribution in [0.5, 0.6) is 0 Å². The van der Waals surface area contributed by atoms with Crippen molar-refractivity contribution in [2.45, 2.75) is 19.5 Å². The molecule has 0 bridgehead atoms. The van der Waals surface area contributed by atoms with E-state index in [4.69, 9.17) is 0 Å². The van der Waals surface area contributed by atoms with Gasteiger partial charge in [-0.15, -0.1) is 0 Å². The van der Waals surface area contributed by atoms with E-state index in [0.29, 0.717) is 12.1 Å². The summed E-state index contributed by atoms with van der Waals surface area (Å²) >= 11 is 0. The van der Waals surface area contributed by atoms with Crippen molar-refractivity contribution in [2.24, 2.45) is 7.05 Å². The van der Waals surface area contributed by atoms with Gasteiger partial charge in [-0.3, -0.25) is 14.3 Å². The maximum Gasteiger partial charge on any atom is 0.258 e. The number of nitrogens with zero attached hydrogens (tertiary/aromatic N) is 3. The van der Waals surface area contributed by atoms with Crippen LogP contribution in [0.3, 0.4) is 0 Å². The summed E-state index contributed by atoms with van der Waals surface area (Å²) in [6.07, 6.45) is 3.17. The molecular weight excluding hydrogens is 268 g/mol. The summed E-state index contributed by atoms with van der Waals surface area (Å²) in [5, 5.41) is 6.87. The Kier molecular flexibility index (Phi) is 3.21. The first-order chi connectivity index (χ1) is 10.1. The fraction of sp³-hybridized carbons (Fsp3) is 0.267. The number of para-hydroxylation sites is 1. The third kappa shape index (κ3) is 2.40. The van der Waals surface area contributed by atoms with Crippen LogP contribution in [0.4, 0.5) is 5.69 Å². The van der Waals surface area contributed by atoms with Crippen molar-refractivity contribution < 1.29 is 9.59 Å². The molecule has 6 heteroatoms. The number of hydrogen-bond acceptors (Lipinski definition) is 3. The number of aryl methyl sites for hydroxylation is 1. The molecule has 1 aliphatic heterocycles. The Morgan fingerprint density at radius 2 is 2.14 bits per heavy atom. The smallest absolute Gasteiger partial charge is 0.258 e. The molecule has 108 valence electrons. The standard InChI is InChI=1S/C15H16N4O2/c1-10-14(20)17-13-6-4-3-5-11(13)9-19(10)15(21)12-7-16-18(2)8-12/h3-8,10H,9H2,1-2H3,(H,17,20). The van der Waals surface area contributed by atoms with E-state index in [1.165, 1.54) is 6.20 Å². The number of amides is 2. The van der Waals surface area contributed by atoms with Crippen LogP contribution in [0.2, 0.25) is 0 Å². The Hall–Kier alpha value is -2.63. The maximum absolute atomic E-state index is 12.6. The third-order valence-corrected chi connectivity index (χ3v) is 3.68. The van der Waals surface area contributed by atoms with Crippen LogP contribution in [0.25, 0.3) is 0 Å². The van der Waals surface area contributed by atoms with Gasteiger partial charge in [-0.05, 0) is 18.6 Å². The first-order valence-electron chi connectivity index (χ1n) is 6.74. The van der Waals surface area contributed by atoms with Crippen LogP contribution in [-0.2, 0) is 18.4 Å². The summed E-state index contributed by atoms with van der Waals surface area (Å²) in [6.45, 7) is 2.12. The summed E-state index contributed by atoms with van der Waals surface area (Å²) in [5.41, 5.74) is 2.17. The Morgan fingerprint density at radius 3 is 2.86 bits per heavy atom. The quantitative estimate of drug-likeness (QED) is 0.860. The zero-order chi connectivity index (χ0) is 15.0. The molecule has 0 saturated carbocycles. The molecule has 0 saturated heterocycles. The molecule has 0 spiro atoms. The van der Waals surface area contributed by atoms with E-state index in [-0.39, 0.29) is 11.8 Å². The van der Waals surface area contributed by atoms with Gasteiger partial charge in [0.15, 0.2) is 0 Å². The first-order valence-corrected chi connectivity index (χ1v) is 6.74. The second kappa shape index (κ2) is 5.05. The lowest BCUT2D eigenvalue weighted by Gasteiger charge is -2.25. The van der Waals surface area contributed by atoms with Crippen molar-refractivity contribution in [2.75, 3.05) is 5.32 Å². The molecule has 0 radical (unpaired) electrons. The number of fused-ring (bicyclic) bond motifs is 1. The normalized spacial score (nSPS) is 17.9. The molecular formula is C15H16N4O2. The number of hydrogen-bond donors (Lipinski definition) is 1. The predicted molar refractivity (Wildman–Crippen MR) is 77.6 cm³/mol. The molecule has 2 heterocycles. The highest BCUT2D eigenvalue weighted by atomic mass is 16.2. The van der Waals surface area contributed by atoms with Gasteiger partial charge in [-0.2, -0.15) is 5.10 Å². The van der Waals surface area contributed by atoms with Gasteiger partial charge in [0.2, 0.25) is 5.91 Å². The molecule has 1 atom stereocenters. The molecule has 2 amide bonds. The van der Waals surface area contributed by atoms with E-state index < -0.39 is 6.04 Å². The zero-order valence-corrected chi connectivity index (χ0v) is 11.9.